The Kier molecular flexibility index (Phi) is 4.20. The molecule has 2 N–H and O–H groups in total. The van der Waals surface area contributed by atoms with Crippen LogP contribution in [-0.4, -0.2) is 51.6 Å². The molecule has 1 unspecified atom stereocenters. The highest BCUT2D eigenvalue weighted by molar-refractivity contribution is 5.95. The Balaban J connectivity index is 1.95. The molecular formula is C19H22FN3O4. The first kappa shape index (κ1) is 17.9. The number of hydroxylamine groups is 2. The Morgan fingerprint density at radius 2 is 2.00 bits per heavy atom. The maximum Gasteiger partial charge on any atom is 0.341 e. The Bertz CT molecular complexity index is 999. The lowest BCUT2D eigenvalue weighted by atomic mass is 10.0. The van der Waals surface area contributed by atoms with E-state index in [-0.39, 0.29) is 28.6 Å². The van der Waals surface area contributed by atoms with Gasteiger partial charge in [-0.2, -0.15) is 5.06 Å². The monoisotopic (exact) mass is 375 g/mol. The number of carbonyl (C=O) groups is 1. The van der Waals surface area contributed by atoms with Crippen molar-refractivity contribution in [1.82, 2.24) is 9.63 Å². The van der Waals surface area contributed by atoms with E-state index in [9.17, 15) is 19.9 Å². The van der Waals surface area contributed by atoms with Gasteiger partial charge in [0.25, 0.3) is 0 Å². The fourth-order valence-electron chi connectivity index (χ4n) is 3.86. The van der Waals surface area contributed by atoms with Crippen molar-refractivity contribution in [2.75, 3.05) is 24.5 Å². The maximum absolute atomic E-state index is 15.2. The Morgan fingerprint density at radius 1 is 1.30 bits per heavy atom. The lowest BCUT2D eigenvalue weighted by Gasteiger charge is -2.38. The summed E-state index contributed by atoms with van der Waals surface area (Å²) in [5.41, 5.74) is 0.152. The minimum absolute atomic E-state index is 0.136. The van der Waals surface area contributed by atoms with E-state index in [0.29, 0.717) is 30.8 Å². The van der Waals surface area contributed by atoms with E-state index in [1.165, 1.54) is 18.2 Å². The molecule has 2 aliphatic rings. The van der Waals surface area contributed by atoms with Gasteiger partial charge in [0.2, 0.25) is 5.43 Å². The molecule has 0 spiro atoms. The van der Waals surface area contributed by atoms with Crippen LogP contribution < -0.4 is 10.3 Å². The minimum Gasteiger partial charge on any atom is -0.477 e. The summed E-state index contributed by atoms with van der Waals surface area (Å²) in [6.45, 7) is 4.70. The first-order valence-electron chi connectivity index (χ1n) is 9.11. The SMILES string of the molecule is Cc1c(F)c(N2CCN(O)C(C)C2)cc2c1c(=O)c(C(=O)O)cn2C1CC1. The number of pyridine rings is 1. The number of carboxylic acid groups (broad SMARTS) is 1. The van der Waals surface area contributed by atoms with E-state index < -0.39 is 17.2 Å². The van der Waals surface area contributed by atoms with Crippen molar-refractivity contribution in [1.29, 1.82) is 0 Å². The van der Waals surface area contributed by atoms with Crippen LogP contribution in [0.4, 0.5) is 10.1 Å². The normalized spacial score (nSPS) is 21.0. The molecule has 1 aliphatic carbocycles. The van der Waals surface area contributed by atoms with Crippen molar-refractivity contribution in [3.05, 3.63) is 39.4 Å². The van der Waals surface area contributed by atoms with Crippen molar-refractivity contribution < 1.29 is 19.5 Å². The molecule has 144 valence electrons. The fourth-order valence-corrected chi connectivity index (χ4v) is 3.86. The molecule has 7 nitrogen and oxygen atoms in total. The number of hydrogen-bond acceptors (Lipinski definition) is 5. The van der Waals surface area contributed by atoms with Gasteiger partial charge in [-0.25, -0.2) is 9.18 Å². The van der Waals surface area contributed by atoms with Gasteiger partial charge < -0.3 is 19.8 Å². The van der Waals surface area contributed by atoms with Gasteiger partial charge in [0, 0.05) is 43.5 Å². The van der Waals surface area contributed by atoms with E-state index in [2.05, 4.69) is 0 Å². The van der Waals surface area contributed by atoms with Crippen LogP contribution in [0.5, 0.6) is 0 Å². The second kappa shape index (κ2) is 6.31. The van der Waals surface area contributed by atoms with Gasteiger partial charge >= 0.3 is 5.97 Å². The molecule has 4 rings (SSSR count). The lowest BCUT2D eigenvalue weighted by Crippen LogP contribution is -2.50. The maximum atomic E-state index is 15.2. The predicted molar refractivity (Wildman–Crippen MR) is 98.3 cm³/mol. The first-order chi connectivity index (χ1) is 12.8. The molecule has 2 aromatic rings. The highest BCUT2D eigenvalue weighted by atomic mass is 19.1. The molecule has 1 aromatic carbocycles. The predicted octanol–water partition coefficient (Wildman–Crippen LogP) is 2.38. The number of aryl methyl sites for hydroxylation is 1. The van der Waals surface area contributed by atoms with E-state index in [4.69, 9.17) is 0 Å². The number of halogens is 1. The van der Waals surface area contributed by atoms with Gasteiger partial charge in [0.15, 0.2) is 0 Å². The molecule has 27 heavy (non-hydrogen) atoms. The summed E-state index contributed by atoms with van der Waals surface area (Å²) in [5.74, 6) is -1.81. The zero-order chi connectivity index (χ0) is 19.5. The molecule has 1 saturated carbocycles. The minimum atomic E-state index is -1.30. The smallest absolute Gasteiger partial charge is 0.341 e. The molecule has 1 aromatic heterocycles. The third-order valence-electron chi connectivity index (χ3n) is 5.58. The number of aromatic carboxylic acids is 1. The molecule has 1 saturated heterocycles. The second-order valence-electron chi connectivity index (χ2n) is 7.50. The average Bonchev–Trinajstić information content (AvgIpc) is 3.45. The van der Waals surface area contributed by atoms with Crippen LogP contribution in [0, 0.1) is 12.7 Å². The number of benzene rings is 1. The molecule has 1 atom stereocenters. The third-order valence-corrected chi connectivity index (χ3v) is 5.58. The number of aromatic nitrogens is 1. The number of anilines is 1. The van der Waals surface area contributed by atoms with Gasteiger partial charge in [-0.15, -0.1) is 0 Å². The summed E-state index contributed by atoms with van der Waals surface area (Å²) >= 11 is 0. The molecule has 2 fully saturated rings. The van der Waals surface area contributed by atoms with Crippen LogP contribution in [0.1, 0.15) is 41.7 Å². The summed E-state index contributed by atoms with van der Waals surface area (Å²) in [5, 5.41) is 20.5. The zero-order valence-electron chi connectivity index (χ0n) is 15.3. The number of hydrogen-bond donors (Lipinski definition) is 2. The number of nitrogens with zero attached hydrogens (tertiary/aromatic N) is 3. The van der Waals surface area contributed by atoms with E-state index in [1.807, 2.05) is 16.4 Å². The van der Waals surface area contributed by atoms with Gasteiger partial charge in [0.1, 0.15) is 11.4 Å². The first-order valence-corrected chi connectivity index (χ1v) is 9.11. The summed E-state index contributed by atoms with van der Waals surface area (Å²) in [6, 6.07) is 1.65. The van der Waals surface area contributed by atoms with Gasteiger partial charge in [-0.05, 0) is 32.8 Å². The zero-order valence-corrected chi connectivity index (χ0v) is 15.3. The molecule has 0 radical (unpaired) electrons. The number of rotatable bonds is 3. The standard InChI is InChI=1S/C19H22FN3O4/c1-10-8-21(5-6-23(10)27)15-7-14-16(11(2)17(15)20)18(24)13(19(25)26)9-22(14)12-3-4-12/h7,9-10,12,27H,3-6,8H2,1-2H3,(H,25,26). The third kappa shape index (κ3) is 2.89. The Labute approximate surface area is 155 Å². The highest BCUT2D eigenvalue weighted by Gasteiger charge is 2.30. The molecule has 2 heterocycles. The summed E-state index contributed by atoms with van der Waals surface area (Å²) in [4.78, 5) is 26.1. The van der Waals surface area contributed by atoms with Crippen LogP contribution in [0.2, 0.25) is 0 Å². The van der Waals surface area contributed by atoms with Crippen molar-refractivity contribution in [3.8, 4) is 0 Å². The van der Waals surface area contributed by atoms with Crippen molar-refractivity contribution in [3.63, 3.8) is 0 Å². The summed E-state index contributed by atoms with van der Waals surface area (Å²) < 4.78 is 17.0. The van der Waals surface area contributed by atoms with Crippen LogP contribution in [0.3, 0.4) is 0 Å². The fraction of sp³-hybridized carbons (Fsp3) is 0.474. The van der Waals surface area contributed by atoms with Crippen molar-refractivity contribution in [2.24, 2.45) is 0 Å². The van der Waals surface area contributed by atoms with Crippen molar-refractivity contribution >= 4 is 22.6 Å². The Morgan fingerprint density at radius 3 is 2.59 bits per heavy atom. The molecule has 8 heteroatoms. The molecule has 0 amide bonds. The lowest BCUT2D eigenvalue weighted by molar-refractivity contribution is -0.125. The number of piperazine rings is 1. The number of carboxylic acids is 1. The van der Waals surface area contributed by atoms with Crippen molar-refractivity contribution in [2.45, 2.75) is 38.8 Å². The number of fused-ring (bicyclic) bond motifs is 1. The quantitative estimate of drug-likeness (QED) is 0.857. The topological polar surface area (TPSA) is 86.0 Å². The second-order valence-corrected chi connectivity index (χ2v) is 7.50. The van der Waals surface area contributed by atoms with E-state index in [1.54, 1.807) is 6.07 Å². The summed E-state index contributed by atoms with van der Waals surface area (Å²) in [6.07, 6.45) is 3.20. The van der Waals surface area contributed by atoms with Gasteiger partial charge in [-0.1, -0.05) is 0 Å². The largest absolute Gasteiger partial charge is 0.477 e. The molecule has 1 aliphatic heterocycles. The Hall–Kier alpha value is -2.45. The molecular weight excluding hydrogens is 353 g/mol. The van der Waals surface area contributed by atoms with Crippen LogP contribution in [0.15, 0.2) is 17.1 Å². The van der Waals surface area contributed by atoms with Crippen LogP contribution >= 0.6 is 0 Å². The van der Waals surface area contributed by atoms with Gasteiger partial charge in [0.05, 0.1) is 16.6 Å². The van der Waals surface area contributed by atoms with Gasteiger partial charge in [-0.3, -0.25) is 4.79 Å². The molecule has 0 bridgehead atoms. The van der Waals surface area contributed by atoms with Crippen LogP contribution in [-0.2, 0) is 0 Å². The highest BCUT2D eigenvalue weighted by Crippen LogP contribution is 2.39. The van der Waals surface area contributed by atoms with E-state index >= 15 is 4.39 Å². The van der Waals surface area contributed by atoms with E-state index in [0.717, 1.165) is 12.8 Å². The summed E-state index contributed by atoms with van der Waals surface area (Å²) in [7, 11) is 0. The van der Waals surface area contributed by atoms with Crippen LogP contribution in [0.25, 0.3) is 10.9 Å². The average molecular weight is 375 g/mol.